The van der Waals surface area contributed by atoms with Gasteiger partial charge in [-0.3, -0.25) is 0 Å². The van der Waals surface area contributed by atoms with Crippen LogP contribution in [-0.2, 0) is 0 Å². The predicted octanol–water partition coefficient (Wildman–Crippen LogP) is 1.79. The monoisotopic (exact) mass is 216 g/mol. The number of pyridine rings is 1. The van der Waals surface area contributed by atoms with Crippen LogP contribution in [0.5, 0.6) is 0 Å². The number of rotatable bonds is 1. The zero-order chi connectivity index (χ0) is 9.42. The Bertz CT molecular complexity index is 437. The molecule has 0 aliphatic heterocycles. The Hall–Kier alpha value is -1.00. The summed E-state index contributed by atoms with van der Waals surface area (Å²) in [5.41, 5.74) is 6.85. The van der Waals surface area contributed by atoms with E-state index in [-0.39, 0.29) is 0 Å². The van der Waals surface area contributed by atoms with Crippen molar-refractivity contribution in [2.45, 2.75) is 4.84 Å². The maximum atomic E-state index is 5.61. The summed E-state index contributed by atoms with van der Waals surface area (Å²) in [6, 6.07) is 3.49. The molecule has 0 amide bonds. The number of halogens is 2. The number of fused-ring (bicyclic) bond motifs is 1. The van der Waals surface area contributed by atoms with Crippen LogP contribution < -0.4 is 5.73 Å². The van der Waals surface area contributed by atoms with E-state index in [1.165, 1.54) is 0 Å². The summed E-state index contributed by atoms with van der Waals surface area (Å²) in [5, 5.41) is 4.03. The number of nitrogen functional groups attached to an aromatic ring is 1. The van der Waals surface area contributed by atoms with Crippen molar-refractivity contribution >= 4 is 34.5 Å². The van der Waals surface area contributed by atoms with Gasteiger partial charge in [-0.15, -0.1) is 5.10 Å². The molecular weight excluding hydrogens is 211 g/mol. The molecule has 0 bridgehead atoms. The van der Waals surface area contributed by atoms with E-state index in [2.05, 4.69) is 10.1 Å². The molecule has 2 aromatic rings. The molecule has 6 heteroatoms. The SMILES string of the molecule is Nc1ccc2nc(C(Cl)Cl)nn2c1. The minimum atomic E-state index is -0.707. The van der Waals surface area contributed by atoms with Gasteiger partial charge in [0.15, 0.2) is 16.3 Å². The molecule has 0 aromatic carbocycles. The zero-order valence-corrected chi connectivity index (χ0v) is 8.00. The smallest absolute Gasteiger partial charge is 0.184 e. The molecule has 0 fully saturated rings. The summed E-state index contributed by atoms with van der Waals surface area (Å²) in [4.78, 5) is 3.38. The minimum absolute atomic E-state index is 0.383. The lowest BCUT2D eigenvalue weighted by Crippen LogP contribution is -1.91. The third kappa shape index (κ3) is 1.55. The molecule has 4 nitrogen and oxygen atoms in total. The maximum absolute atomic E-state index is 5.61. The first-order valence-electron chi connectivity index (χ1n) is 3.57. The van der Waals surface area contributed by atoms with Crippen LogP contribution in [0.2, 0.25) is 0 Å². The molecule has 0 unspecified atom stereocenters. The van der Waals surface area contributed by atoms with Gasteiger partial charge in [-0.2, -0.15) is 0 Å². The quantitative estimate of drug-likeness (QED) is 0.740. The van der Waals surface area contributed by atoms with Crippen molar-refractivity contribution in [1.82, 2.24) is 14.6 Å². The van der Waals surface area contributed by atoms with Gasteiger partial charge in [0, 0.05) is 0 Å². The van der Waals surface area contributed by atoms with E-state index in [1.807, 2.05) is 0 Å². The molecule has 0 spiro atoms. The number of aromatic nitrogens is 3. The van der Waals surface area contributed by atoms with Crippen molar-refractivity contribution in [3.8, 4) is 0 Å². The lowest BCUT2D eigenvalue weighted by molar-refractivity contribution is 0.918. The fourth-order valence-electron chi connectivity index (χ4n) is 1.01. The highest BCUT2D eigenvalue weighted by atomic mass is 35.5. The van der Waals surface area contributed by atoms with Gasteiger partial charge in [-0.05, 0) is 12.1 Å². The van der Waals surface area contributed by atoms with Crippen LogP contribution in [0.25, 0.3) is 5.65 Å². The average Bonchev–Trinajstić information content (AvgIpc) is 2.46. The number of alkyl halides is 2. The molecule has 2 heterocycles. The zero-order valence-electron chi connectivity index (χ0n) is 6.48. The van der Waals surface area contributed by atoms with Crippen LogP contribution >= 0.6 is 23.2 Å². The standard InChI is InChI=1S/C7H6Cl2N4/c8-6(9)7-11-5-2-1-4(10)3-13(5)12-7/h1-3,6H,10H2. The Morgan fingerprint density at radius 1 is 1.38 bits per heavy atom. The molecule has 0 aliphatic rings. The van der Waals surface area contributed by atoms with Crippen molar-refractivity contribution < 1.29 is 0 Å². The molecule has 0 atom stereocenters. The largest absolute Gasteiger partial charge is 0.397 e. The fraction of sp³-hybridized carbons (Fsp3) is 0.143. The number of nitrogens with two attached hydrogens (primary N) is 1. The third-order valence-corrected chi connectivity index (χ3v) is 1.96. The van der Waals surface area contributed by atoms with Gasteiger partial charge in [-0.25, -0.2) is 9.50 Å². The van der Waals surface area contributed by atoms with Crippen molar-refractivity contribution in [1.29, 1.82) is 0 Å². The Balaban J connectivity index is 2.62. The fourth-order valence-corrected chi connectivity index (χ4v) is 1.19. The predicted molar refractivity (Wildman–Crippen MR) is 51.8 cm³/mol. The number of hydrogen-bond donors (Lipinski definition) is 1. The first kappa shape index (κ1) is 8.59. The Kier molecular flexibility index (Phi) is 2.01. The summed E-state index contributed by atoms with van der Waals surface area (Å²) in [7, 11) is 0. The lowest BCUT2D eigenvalue weighted by Gasteiger charge is -1.91. The van der Waals surface area contributed by atoms with Gasteiger partial charge in [0.1, 0.15) is 0 Å². The summed E-state index contributed by atoms with van der Waals surface area (Å²) in [5.74, 6) is 0.383. The van der Waals surface area contributed by atoms with E-state index >= 15 is 0 Å². The van der Waals surface area contributed by atoms with Crippen LogP contribution in [0.4, 0.5) is 5.69 Å². The van der Waals surface area contributed by atoms with Crippen LogP contribution in [0.15, 0.2) is 18.3 Å². The molecule has 0 saturated carbocycles. The number of anilines is 1. The van der Waals surface area contributed by atoms with E-state index in [1.54, 1.807) is 22.8 Å². The van der Waals surface area contributed by atoms with Gasteiger partial charge in [-0.1, -0.05) is 23.2 Å². The first-order valence-corrected chi connectivity index (χ1v) is 4.44. The Morgan fingerprint density at radius 3 is 2.85 bits per heavy atom. The Morgan fingerprint density at radius 2 is 2.15 bits per heavy atom. The molecule has 0 radical (unpaired) electrons. The van der Waals surface area contributed by atoms with Gasteiger partial charge < -0.3 is 5.73 Å². The topological polar surface area (TPSA) is 56.2 Å². The highest BCUT2D eigenvalue weighted by Crippen LogP contribution is 2.21. The van der Waals surface area contributed by atoms with E-state index in [9.17, 15) is 0 Å². The molecular formula is C7H6Cl2N4. The van der Waals surface area contributed by atoms with Crippen molar-refractivity contribution in [2.24, 2.45) is 0 Å². The van der Waals surface area contributed by atoms with Gasteiger partial charge in [0.25, 0.3) is 0 Å². The van der Waals surface area contributed by atoms with Crippen molar-refractivity contribution in [3.63, 3.8) is 0 Å². The molecule has 2 rings (SSSR count). The first-order chi connectivity index (χ1) is 6.16. The molecule has 13 heavy (non-hydrogen) atoms. The highest BCUT2D eigenvalue weighted by Gasteiger charge is 2.10. The normalized spacial score (nSPS) is 11.3. The third-order valence-electron chi connectivity index (χ3n) is 1.57. The second-order valence-corrected chi connectivity index (χ2v) is 3.63. The molecule has 2 aromatic heterocycles. The molecule has 2 N–H and O–H groups in total. The second-order valence-electron chi connectivity index (χ2n) is 2.54. The van der Waals surface area contributed by atoms with Crippen molar-refractivity contribution in [3.05, 3.63) is 24.2 Å². The lowest BCUT2D eigenvalue weighted by atomic mass is 10.4. The molecule has 68 valence electrons. The second kappa shape index (κ2) is 3.05. The van der Waals surface area contributed by atoms with Gasteiger partial charge >= 0.3 is 0 Å². The highest BCUT2D eigenvalue weighted by molar-refractivity contribution is 6.43. The summed E-state index contributed by atoms with van der Waals surface area (Å²) in [6.45, 7) is 0. The van der Waals surface area contributed by atoms with Crippen molar-refractivity contribution in [2.75, 3.05) is 5.73 Å². The van der Waals surface area contributed by atoms with E-state index in [4.69, 9.17) is 28.9 Å². The van der Waals surface area contributed by atoms with Crippen LogP contribution in [-0.4, -0.2) is 14.6 Å². The van der Waals surface area contributed by atoms with Crippen LogP contribution in [0.3, 0.4) is 0 Å². The average molecular weight is 217 g/mol. The number of hydrogen-bond acceptors (Lipinski definition) is 3. The Labute approximate surface area is 84.3 Å². The van der Waals surface area contributed by atoms with Crippen LogP contribution in [0.1, 0.15) is 10.7 Å². The maximum Gasteiger partial charge on any atom is 0.184 e. The van der Waals surface area contributed by atoms with Gasteiger partial charge in [0.05, 0.1) is 11.9 Å². The number of nitrogens with zero attached hydrogens (tertiary/aromatic N) is 3. The minimum Gasteiger partial charge on any atom is -0.397 e. The molecule has 0 aliphatic carbocycles. The summed E-state index contributed by atoms with van der Waals surface area (Å²) in [6.07, 6.45) is 1.65. The van der Waals surface area contributed by atoms with E-state index in [0.717, 1.165) is 0 Å². The summed E-state index contributed by atoms with van der Waals surface area (Å²) < 4.78 is 1.54. The van der Waals surface area contributed by atoms with Gasteiger partial charge in [0.2, 0.25) is 0 Å². The van der Waals surface area contributed by atoms with E-state index in [0.29, 0.717) is 17.2 Å². The van der Waals surface area contributed by atoms with E-state index < -0.39 is 4.84 Å². The summed E-state index contributed by atoms with van der Waals surface area (Å²) >= 11 is 11.2. The van der Waals surface area contributed by atoms with Crippen LogP contribution in [0, 0.1) is 0 Å². The molecule has 0 saturated heterocycles.